The Balaban J connectivity index is 1.51. The van der Waals surface area contributed by atoms with E-state index in [4.69, 9.17) is 11.6 Å². The van der Waals surface area contributed by atoms with Crippen molar-refractivity contribution in [2.24, 2.45) is 0 Å². The smallest absolute Gasteiger partial charge is 0.252 e. The molecule has 1 atom stereocenters. The van der Waals surface area contributed by atoms with Gasteiger partial charge in [-0.25, -0.2) is 0 Å². The number of halogens is 1. The molecule has 0 fully saturated rings. The van der Waals surface area contributed by atoms with Crippen molar-refractivity contribution in [3.63, 3.8) is 0 Å². The van der Waals surface area contributed by atoms with Crippen LogP contribution in [0.25, 0.3) is 17.0 Å². The van der Waals surface area contributed by atoms with E-state index >= 15 is 0 Å². The van der Waals surface area contributed by atoms with Crippen LogP contribution in [0.15, 0.2) is 71.8 Å². The molecule has 4 aromatic rings. The van der Waals surface area contributed by atoms with Gasteiger partial charge in [-0.3, -0.25) is 9.20 Å². The van der Waals surface area contributed by atoms with Gasteiger partial charge in [-0.2, -0.15) is 0 Å². The van der Waals surface area contributed by atoms with E-state index in [2.05, 4.69) is 15.5 Å². The molecule has 31 heavy (non-hydrogen) atoms. The number of pyridine rings is 1. The quantitative estimate of drug-likeness (QED) is 0.448. The van der Waals surface area contributed by atoms with Gasteiger partial charge in [-0.05, 0) is 60.5 Å². The van der Waals surface area contributed by atoms with E-state index in [0.717, 1.165) is 11.8 Å². The number of benzene rings is 2. The standard InChI is InChI=1S/C22H19ClN4O3S/c1-31(29,30)19-9-4-16(5-10-19)21-26-25-20-11-6-17(14-27(20)21)22(28)24-13-12-15-2-7-18(23)8-3-15/h2-11,14H,12-13H2,1H3,(H-,24,28,29,30). The van der Waals surface area contributed by atoms with Crippen LogP contribution in [0, 0.1) is 0 Å². The molecule has 0 aliphatic carbocycles. The molecule has 0 aliphatic rings. The maximum atomic E-state index is 12.6. The van der Waals surface area contributed by atoms with Gasteiger partial charge < -0.3 is 9.87 Å². The molecule has 0 radical (unpaired) electrons. The average molecular weight is 455 g/mol. The van der Waals surface area contributed by atoms with E-state index in [1.165, 1.54) is 12.1 Å². The number of amides is 1. The minimum atomic E-state index is -3.28. The Kier molecular flexibility index (Phi) is 5.86. The van der Waals surface area contributed by atoms with E-state index in [-0.39, 0.29) is 10.8 Å². The molecule has 9 heteroatoms. The highest BCUT2D eigenvalue weighted by Crippen LogP contribution is 2.22. The Hall–Kier alpha value is -3.07. The van der Waals surface area contributed by atoms with Crippen LogP contribution in [-0.4, -0.2) is 37.9 Å². The monoisotopic (exact) mass is 454 g/mol. The summed E-state index contributed by atoms with van der Waals surface area (Å²) in [5.74, 6) is 0.314. The zero-order valence-corrected chi connectivity index (χ0v) is 18.2. The number of carbonyl (C=O) groups excluding carboxylic acids is 1. The molecular weight excluding hydrogens is 436 g/mol. The Morgan fingerprint density at radius 1 is 1.06 bits per heavy atom. The van der Waals surface area contributed by atoms with Crippen LogP contribution < -0.4 is 5.32 Å². The van der Waals surface area contributed by atoms with Crippen LogP contribution in [-0.2, 0) is 20.8 Å². The Labute approximate surface area is 185 Å². The van der Waals surface area contributed by atoms with Crippen molar-refractivity contribution >= 4 is 33.4 Å². The van der Waals surface area contributed by atoms with E-state index in [9.17, 15) is 13.6 Å². The third kappa shape index (κ3) is 4.82. The summed E-state index contributed by atoms with van der Waals surface area (Å²) in [5.41, 5.74) is 2.83. The van der Waals surface area contributed by atoms with Gasteiger partial charge in [0.1, 0.15) is 6.26 Å². The zero-order chi connectivity index (χ0) is 22.0. The molecule has 0 aliphatic heterocycles. The predicted molar refractivity (Wildman–Crippen MR) is 119 cm³/mol. The maximum absolute atomic E-state index is 12.6. The molecular formula is C22H19ClN4O3S. The van der Waals surface area contributed by atoms with Gasteiger partial charge in [0.15, 0.2) is 16.4 Å². The van der Waals surface area contributed by atoms with Crippen molar-refractivity contribution in [1.29, 1.82) is 0 Å². The largest absolute Gasteiger partial charge is 0.610 e. The molecule has 0 saturated heterocycles. The van der Waals surface area contributed by atoms with Crippen LogP contribution >= 0.6 is 11.6 Å². The number of rotatable bonds is 6. The minimum absolute atomic E-state index is 0.206. The van der Waals surface area contributed by atoms with Gasteiger partial charge in [0.25, 0.3) is 5.91 Å². The fraction of sp³-hybridized carbons (Fsp3) is 0.136. The Bertz CT molecular complexity index is 1280. The lowest BCUT2D eigenvalue weighted by molar-refractivity contribution is 0.0953. The van der Waals surface area contributed by atoms with Gasteiger partial charge in [0.05, 0.1) is 15.8 Å². The van der Waals surface area contributed by atoms with Crippen LogP contribution in [0.1, 0.15) is 15.9 Å². The third-order valence-corrected chi connectivity index (χ3v) is 6.20. The first kappa shape index (κ1) is 21.2. The lowest BCUT2D eigenvalue weighted by Gasteiger charge is -2.09. The summed E-state index contributed by atoms with van der Waals surface area (Å²) in [4.78, 5) is 12.8. The van der Waals surface area contributed by atoms with E-state index in [0.29, 0.717) is 40.6 Å². The highest BCUT2D eigenvalue weighted by molar-refractivity contribution is 7.97. The molecule has 2 aromatic heterocycles. The van der Waals surface area contributed by atoms with Gasteiger partial charge in [0, 0.05) is 23.3 Å². The van der Waals surface area contributed by atoms with Gasteiger partial charge in [-0.15, -0.1) is 14.4 Å². The topological polar surface area (TPSA) is 99.4 Å². The lowest BCUT2D eigenvalue weighted by Crippen LogP contribution is -2.25. The summed E-state index contributed by atoms with van der Waals surface area (Å²) in [7, 11) is -3.28. The van der Waals surface area contributed by atoms with Crippen molar-refractivity contribution in [2.75, 3.05) is 12.8 Å². The first-order valence-electron chi connectivity index (χ1n) is 9.49. The number of hydrogen-bond acceptors (Lipinski definition) is 5. The summed E-state index contributed by atoms with van der Waals surface area (Å²) in [6.07, 6.45) is 3.52. The van der Waals surface area contributed by atoms with Crippen molar-refractivity contribution in [3.05, 3.63) is 83.0 Å². The van der Waals surface area contributed by atoms with Crippen molar-refractivity contribution in [3.8, 4) is 11.4 Å². The number of nitrogens with zero attached hydrogens (tertiary/aromatic N) is 3. The summed E-state index contributed by atoms with van der Waals surface area (Å²) < 4.78 is 25.1. The molecule has 158 valence electrons. The van der Waals surface area contributed by atoms with Crippen molar-refractivity contribution in [2.45, 2.75) is 11.3 Å². The van der Waals surface area contributed by atoms with Crippen LogP contribution in [0.5, 0.6) is 0 Å². The normalized spacial score (nSPS) is 13.1. The summed E-state index contributed by atoms with van der Waals surface area (Å²) in [6, 6.07) is 17.3. The number of aromatic nitrogens is 3. The fourth-order valence-electron chi connectivity index (χ4n) is 3.15. The SMILES string of the molecule is C[S+](=O)([O-])c1ccc(-c2nnc3ccc(C(=O)NCCc4ccc(Cl)cc4)cn23)cc1. The third-order valence-electron chi connectivity index (χ3n) is 4.82. The minimum Gasteiger partial charge on any atom is -0.610 e. The lowest BCUT2D eigenvalue weighted by atomic mass is 10.1. The van der Waals surface area contributed by atoms with Crippen LogP contribution in [0.4, 0.5) is 0 Å². The summed E-state index contributed by atoms with van der Waals surface area (Å²) >= 11 is 5.89. The first-order valence-corrected chi connectivity index (χ1v) is 11.8. The second-order valence-corrected chi connectivity index (χ2v) is 9.55. The molecule has 1 N–H and O–H groups in total. The van der Waals surface area contributed by atoms with Gasteiger partial charge in [-0.1, -0.05) is 23.7 Å². The zero-order valence-electron chi connectivity index (χ0n) is 16.6. The summed E-state index contributed by atoms with van der Waals surface area (Å²) in [5, 5.41) is 11.9. The van der Waals surface area contributed by atoms with Crippen LogP contribution in [0.2, 0.25) is 5.02 Å². The number of hydrogen-bond donors (Lipinski definition) is 1. The van der Waals surface area contributed by atoms with Gasteiger partial charge in [0.2, 0.25) is 0 Å². The second kappa shape index (κ2) is 8.58. The maximum Gasteiger partial charge on any atom is 0.252 e. The highest BCUT2D eigenvalue weighted by Gasteiger charge is 2.15. The Morgan fingerprint density at radius 3 is 2.45 bits per heavy atom. The molecule has 0 bridgehead atoms. The molecule has 2 heterocycles. The average Bonchev–Trinajstić information content (AvgIpc) is 3.18. The highest BCUT2D eigenvalue weighted by atomic mass is 35.5. The molecule has 4 rings (SSSR count). The molecule has 2 aromatic carbocycles. The second-order valence-electron chi connectivity index (χ2n) is 7.10. The Morgan fingerprint density at radius 2 is 1.77 bits per heavy atom. The van der Waals surface area contributed by atoms with Crippen molar-refractivity contribution < 1.29 is 13.6 Å². The van der Waals surface area contributed by atoms with Crippen molar-refractivity contribution in [1.82, 2.24) is 19.9 Å². The number of sulfone groups is 1. The van der Waals surface area contributed by atoms with Crippen LogP contribution in [0.3, 0.4) is 0 Å². The first-order chi connectivity index (χ1) is 14.8. The predicted octanol–water partition coefficient (Wildman–Crippen LogP) is 3.64. The van der Waals surface area contributed by atoms with E-state index in [1.54, 1.807) is 34.9 Å². The molecule has 1 amide bonds. The summed E-state index contributed by atoms with van der Waals surface area (Å²) in [6.45, 7) is 0.487. The molecule has 0 spiro atoms. The number of nitrogens with one attached hydrogen (secondary N) is 1. The van der Waals surface area contributed by atoms with E-state index < -0.39 is 10.2 Å². The molecule has 7 nitrogen and oxygen atoms in total. The number of fused-ring (bicyclic) bond motifs is 1. The van der Waals surface area contributed by atoms with Gasteiger partial charge >= 0.3 is 0 Å². The molecule has 1 unspecified atom stereocenters. The van der Waals surface area contributed by atoms with E-state index in [1.807, 2.05) is 24.3 Å². The number of carbonyl (C=O) groups is 1. The molecule has 0 saturated carbocycles. The fourth-order valence-corrected chi connectivity index (χ4v) is 3.90.